The number of piperidine rings is 1. The highest BCUT2D eigenvalue weighted by Crippen LogP contribution is 2.26. The number of imidazole rings is 1. The van der Waals surface area contributed by atoms with E-state index in [-0.39, 0.29) is 5.91 Å². The van der Waals surface area contributed by atoms with E-state index in [2.05, 4.69) is 22.1 Å². The van der Waals surface area contributed by atoms with Gasteiger partial charge in [0.25, 0.3) is 0 Å². The lowest BCUT2D eigenvalue weighted by molar-refractivity contribution is -0.159. The third-order valence-corrected chi connectivity index (χ3v) is 4.46. The van der Waals surface area contributed by atoms with E-state index >= 15 is 0 Å². The minimum Gasteiger partial charge on any atom is -0.473 e. The number of likely N-dealkylation sites (tertiary alicyclic amines) is 1. The Hall–Kier alpha value is -3.16. The average molecular weight is 373 g/mol. The van der Waals surface area contributed by atoms with Crippen LogP contribution in [0.15, 0.2) is 42.9 Å². The molecule has 0 atom stereocenters. The van der Waals surface area contributed by atoms with E-state index in [4.69, 9.17) is 19.8 Å². The molecule has 0 radical (unpaired) electrons. The topological polar surface area (TPSA) is 124 Å². The lowest BCUT2D eigenvalue weighted by atomic mass is 9.94. The van der Waals surface area contributed by atoms with Crippen molar-refractivity contribution in [3.8, 4) is 0 Å². The SMILES string of the molecule is O=C(CCc1ccccc1)N1CCC(c2cnc[nH]2)CC1.O=C(O)C(=O)O. The van der Waals surface area contributed by atoms with Crippen LogP contribution in [0.25, 0.3) is 0 Å². The van der Waals surface area contributed by atoms with Gasteiger partial charge in [-0.05, 0) is 24.8 Å². The number of carbonyl (C=O) groups excluding carboxylic acids is 1. The highest BCUT2D eigenvalue weighted by atomic mass is 16.4. The Morgan fingerprint density at radius 1 is 1.07 bits per heavy atom. The van der Waals surface area contributed by atoms with Crippen molar-refractivity contribution < 1.29 is 24.6 Å². The third-order valence-electron chi connectivity index (χ3n) is 4.46. The molecule has 1 aromatic carbocycles. The van der Waals surface area contributed by atoms with Crippen molar-refractivity contribution in [2.24, 2.45) is 0 Å². The highest BCUT2D eigenvalue weighted by molar-refractivity contribution is 6.27. The lowest BCUT2D eigenvalue weighted by Gasteiger charge is -2.31. The maximum atomic E-state index is 12.3. The predicted octanol–water partition coefficient (Wildman–Crippen LogP) is 1.90. The number of rotatable bonds is 4. The summed E-state index contributed by atoms with van der Waals surface area (Å²) in [5, 5.41) is 14.8. The van der Waals surface area contributed by atoms with Crippen LogP contribution in [0, 0.1) is 0 Å². The van der Waals surface area contributed by atoms with Crippen molar-refractivity contribution in [1.29, 1.82) is 0 Å². The number of carboxylic acid groups (broad SMARTS) is 2. The monoisotopic (exact) mass is 373 g/mol. The quantitative estimate of drug-likeness (QED) is 0.703. The number of amides is 1. The zero-order chi connectivity index (χ0) is 19.6. The minimum absolute atomic E-state index is 0.280. The fourth-order valence-corrected chi connectivity index (χ4v) is 2.98. The summed E-state index contributed by atoms with van der Waals surface area (Å²) in [6, 6.07) is 10.2. The minimum atomic E-state index is -1.82. The molecule has 0 saturated carbocycles. The first kappa shape index (κ1) is 20.2. The van der Waals surface area contributed by atoms with Crippen molar-refractivity contribution >= 4 is 17.8 Å². The van der Waals surface area contributed by atoms with Crippen LogP contribution < -0.4 is 0 Å². The van der Waals surface area contributed by atoms with E-state index < -0.39 is 11.9 Å². The van der Waals surface area contributed by atoms with Crippen LogP contribution in [0.2, 0.25) is 0 Å². The number of H-pyrrole nitrogens is 1. The molecule has 8 nitrogen and oxygen atoms in total. The van der Waals surface area contributed by atoms with Gasteiger partial charge in [-0.3, -0.25) is 4.79 Å². The Kier molecular flexibility index (Phi) is 7.54. The molecule has 1 saturated heterocycles. The highest BCUT2D eigenvalue weighted by Gasteiger charge is 2.24. The van der Waals surface area contributed by atoms with Gasteiger partial charge in [0, 0.05) is 37.3 Å². The Balaban J connectivity index is 0.000000380. The first-order valence-electron chi connectivity index (χ1n) is 8.73. The predicted molar refractivity (Wildman–Crippen MR) is 97.2 cm³/mol. The fraction of sp³-hybridized carbons (Fsp3) is 0.368. The number of nitrogens with one attached hydrogen (secondary N) is 1. The lowest BCUT2D eigenvalue weighted by Crippen LogP contribution is -2.38. The van der Waals surface area contributed by atoms with Crippen molar-refractivity contribution in [2.45, 2.75) is 31.6 Å². The number of aliphatic carboxylic acids is 2. The summed E-state index contributed by atoms with van der Waals surface area (Å²) >= 11 is 0. The molecule has 1 amide bonds. The van der Waals surface area contributed by atoms with Gasteiger partial charge in [-0.25, -0.2) is 14.6 Å². The number of hydrogen-bond acceptors (Lipinski definition) is 4. The van der Waals surface area contributed by atoms with E-state index in [1.807, 2.05) is 29.3 Å². The van der Waals surface area contributed by atoms with Gasteiger partial charge in [0.15, 0.2) is 0 Å². The first-order chi connectivity index (χ1) is 13.0. The molecule has 3 rings (SSSR count). The second-order valence-electron chi connectivity index (χ2n) is 6.26. The summed E-state index contributed by atoms with van der Waals surface area (Å²) in [6.45, 7) is 1.72. The van der Waals surface area contributed by atoms with Crippen LogP contribution in [0.3, 0.4) is 0 Å². The second kappa shape index (κ2) is 10.1. The molecule has 144 valence electrons. The molecule has 0 bridgehead atoms. The van der Waals surface area contributed by atoms with E-state index in [0.29, 0.717) is 12.3 Å². The molecule has 1 aliphatic heterocycles. The summed E-state index contributed by atoms with van der Waals surface area (Å²) in [5.41, 5.74) is 2.43. The molecule has 27 heavy (non-hydrogen) atoms. The smallest absolute Gasteiger partial charge is 0.414 e. The summed E-state index contributed by atoms with van der Waals surface area (Å²) in [6.07, 6.45) is 7.13. The van der Waals surface area contributed by atoms with Gasteiger partial charge in [-0.1, -0.05) is 30.3 Å². The van der Waals surface area contributed by atoms with Gasteiger partial charge in [0.1, 0.15) is 0 Å². The summed E-state index contributed by atoms with van der Waals surface area (Å²) < 4.78 is 0. The van der Waals surface area contributed by atoms with Gasteiger partial charge in [0.05, 0.1) is 6.33 Å². The maximum Gasteiger partial charge on any atom is 0.414 e. The van der Waals surface area contributed by atoms with Gasteiger partial charge in [0.2, 0.25) is 5.91 Å². The zero-order valence-electron chi connectivity index (χ0n) is 14.9. The average Bonchev–Trinajstić information content (AvgIpc) is 3.22. The molecule has 8 heteroatoms. The Morgan fingerprint density at radius 3 is 2.22 bits per heavy atom. The maximum absolute atomic E-state index is 12.3. The summed E-state index contributed by atoms with van der Waals surface area (Å²) in [5.74, 6) is -2.85. The van der Waals surface area contributed by atoms with Gasteiger partial charge >= 0.3 is 11.9 Å². The molecule has 1 aliphatic rings. The van der Waals surface area contributed by atoms with Crippen LogP contribution >= 0.6 is 0 Å². The summed E-state index contributed by atoms with van der Waals surface area (Å²) in [7, 11) is 0. The Bertz CT molecular complexity index is 726. The van der Waals surface area contributed by atoms with Gasteiger partial charge < -0.3 is 20.1 Å². The molecule has 2 heterocycles. The van der Waals surface area contributed by atoms with Crippen molar-refractivity contribution in [3.63, 3.8) is 0 Å². The number of aromatic nitrogens is 2. The van der Waals surface area contributed by atoms with E-state index in [0.717, 1.165) is 32.4 Å². The largest absolute Gasteiger partial charge is 0.473 e. The molecular weight excluding hydrogens is 350 g/mol. The number of aromatic amines is 1. The number of nitrogens with zero attached hydrogens (tertiary/aromatic N) is 2. The van der Waals surface area contributed by atoms with Crippen LogP contribution in [0.4, 0.5) is 0 Å². The molecule has 1 fully saturated rings. The molecule has 2 aromatic rings. The first-order valence-corrected chi connectivity index (χ1v) is 8.73. The number of carbonyl (C=O) groups is 3. The number of benzene rings is 1. The Labute approximate surface area is 156 Å². The van der Waals surface area contributed by atoms with Crippen LogP contribution in [0.1, 0.15) is 36.4 Å². The van der Waals surface area contributed by atoms with E-state index in [1.54, 1.807) is 6.33 Å². The van der Waals surface area contributed by atoms with Gasteiger partial charge in [-0.15, -0.1) is 0 Å². The Morgan fingerprint density at radius 2 is 1.70 bits per heavy atom. The van der Waals surface area contributed by atoms with Crippen LogP contribution in [0.5, 0.6) is 0 Å². The molecule has 0 spiro atoms. The van der Waals surface area contributed by atoms with E-state index in [1.165, 1.54) is 11.3 Å². The van der Waals surface area contributed by atoms with Crippen LogP contribution in [-0.4, -0.2) is 56.0 Å². The summed E-state index contributed by atoms with van der Waals surface area (Å²) in [4.78, 5) is 39.7. The molecule has 0 unspecified atom stereocenters. The normalized spacial score (nSPS) is 14.1. The molecule has 1 aromatic heterocycles. The van der Waals surface area contributed by atoms with Crippen molar-refractivity contribution in [1.82, 2.24) is 14.9 Å². The zero-order valence-corrected chi connectivity index (χ0v) is 14.9. The second-order valence-corrected chi connectivity index (χ2v) is 6.26. The van der Waals surface area contributed by atoms with Gasteiger partial charge in [-0.2, -0.15) is 0 Å². The fourth-order valence-electron chi connectivity index (χ4n) is 2.98. The molecule has 0 aliphatic carbocycles. The third kappa shape index (κ3) is 6.58. The number of carboxylic acids is 2. The standard InChI is InChI=1S/C17H21N3O.C2H2O4/c21-17(7-6-14-4-2-1-3-5-14)20-10-8-15(9-11-20)16-12-18-13-19-16;3-1(4)2(5)6/h1-5,12-13,15H,6-11H2,(H,18,19);(H,3,4)(H,5,6). The van der Waals surface area contributed by atoms with Crippen molar-refractivity contribution in [2.75, 3.05) is 13.1 Å². The van der Waals surface area contributed by atoms with Crippen molar-refractivity contribution in [3.05, 3.63) is 54.1 Å². The molecular formula is C19H23N3O5. The molecule has 3 N–H and O–H groups in total. The van der Waals surface area contributed by atoms with E-state index in [9.17, 15) is 4.79 Å². The number of aryl methyl sites for hydroxylation is 1. The number of hydrogen-bond donors (Lipinski definition) is 3. The van der Waals surface area contributed by atoms with Crippen LogP contribution in [-0.2, 0) is 20.8 Å².